The maximum atomic E-state index is 11.5. The predicted molar refractivity (Wildman–Crippen MR) is 84.3 cm³/mol. The van der Waals surface area contributed by atoms with Crippen LogP contribution in [0.15, 0.2) is 36.4 Å². The first-order valence-corrected chi connectivity index (χ1v) is 6.98. The van der Waals surface area contributed by atoms with E-state index in [4.69, 9.17) is 11.6 Å². The maximum absolute atomic E-state index is 11.5. The molecule has 1 heterocycles. The number of carbonyl (C=O) groups is 1. The van der Waals surface area contributed by atoms with E-state index in [-0.39, 0.29) is 0 Å². The molecular formula is C16H15ClN2O2. The van der Waals surface area contributed by atoms with Gasteiger partial charge in [-0.25, -0.2) is 0 Å². The number of carbonyl (C=O) groups excluding carboxylic acids is 1. The van der Waals surface area contributed by atoms with Crippen molar-refractivity contribution in [3.8, 4) is 0 Å². The van der Waals surface area contributed by atoms with Crippen LogP contribution in [0.2, 0.25) is 5.02 Å². The number of rotatable bonds is 2. The van der Waals surface area contributed by atoms with Gasteiger partial charge in [0.2, 0.25) is 0 Å². The Morgan fingerprint density at radius 1 is 1.24 bits per heavy atom. The van der Waals surface area contributed by atoms with Crippen LogP contribution in [-0.4, -0.2) is 18.1 Å². The molecule has 0 radical (unpaired) electrons. The van der Waals surface area contributed by atoms with E-state index < -0.39 is 12.0 Å². The molecule has 0 saturated heterocycles. The molecule has 0 aliphatic carbocycles. The van der Waals surface area contributed by atoms with Gasteiger partial charge >= 0.3 is 0 Å². The van der Waals surface area contributed by atoms with E-state index in [0.717, 1.165) is 16.9 Å². The van der Waals surface area contributed by atoms with E-state index in [0.29, 0.717) is 16.3 Å². The van der Waals surface area contributed by atoms with E-state index >= 15 is 0 Å². The van der Waals surface area contributed by atoms with Gasteiger partial charge in [-0.05, 0) is 30.7 Å². The first-order chi connectivity index (χ1) is 9.99. The summed E-state index contributed by atoms with van der Waals surface area (Å²) in [6, 6.07) is 11.4. The molecule has 2 aromatic carbocycles. The van der Waals surface area contributed by atoms with Crippen molar-refractivity contribution in [2.45, 2.75) is 13.0 Å². The molecule has 1 amide bonds. The average Bonchev–Trinajstić information content (AvgIpc) is 2.73. The van der Waals surface area contributed by atoms with Gasteiger partial charge in [-0.3, -0.25) is 4.79 Å². The van der Waals surface area contributed by atoms with Gasteiger partial charge in [-0.2, -0.15) is 0 Å². The van der Waals surface area contributed by atoms with Crippen LogP contribution in [0.4, 0.5) is 17.1 Å². The van der Waals surface area contributed by atoms with Crippen LogP contribution in [0.5, 0.6) is 0 Å². The summed E-state index contributed by atoms with van der Waals surface area (Å²) in [6.45, 7) is 2.03. The number of nitrogens with zero attached hydrogens (tertiary/aromatic N) is 1. The van der Waals surface area contributed by atoms with Gasteiger partial charge in [0.25, 0.3) is 5.91 Å². The van der Waals surface area contributed by atoms with Gasteiger partial charge in [0, 0.05) is 24.0 Å². The number of hydrogen-bond donors (Lipinski definition) is 2. The second kappa shape index (κ2) is 5.06. The maximum Gasteiger partial charge on any atom is 0.257 e. The fourth-order valence-electron chi connectivity index (χ4n) is 2.58. The third-order valence-corrected chi connectivity index (χ3v) is 4.06. The van der Waals surface area contributed by atoms with Crippen LogP contribution in [0.3, 0.4) is 0 Å². The topological polar surface area (TPSA) is 52.6 Å². The van der Waals surface area contributed by atoms with Crippen molar-refractivity contribution in [2.75, 3.05) is 17.3 Å². The summed E-state index contributed by atoms with van der Waals surface area (Å²) in [4.78, 5) is 13.5. The van der Waals surface area contributed by atoms with Crippen LogP contribution < -0.4 is 10.2 Å². The molecule has 1 unspecified atom stereocenters. The quantitative estimate of drug-likeness (QED) is 0.894. The number of aliphatic hydroxyl groups excluding tert-OH is 1. The van der Waals surface area contributed by atoms with Gasteiger partial charge in [-0.15, -0.1) is 0 Å². The van der Waals surface area contributed by atoms with E-state index in [1.54, 1.807) is 12.1 Å². The summed E-state index contributed by atoms with van der Waals surface area (Å²) in [5.41, 5.74) is 4.06. The Balaban J connectivity index is 2.07. The molecule has 0 fully saturated rings. The van der Waals surface area contributed by atoms with Gasteiger partial charge < -0.3 is 15.3 Å². The Bertz CT molecular complexity index is 730. The minimum absolute atomic E-state index is 0.420. The van der Waals surface area contributed by atoms with E-state index in [2.05, 4.69) is 5.32 Å². The zero-order valence-corrected chi connectivity index (χ0v) is 12.5. The lowest BCUT2D eigenvalue weighted by Gasteiger charge is -2.23. The summed E-state index contributed by atoms with van der Waals surface area (Å²) in [5.74, 6) is -0.420. The van der Waals surface area contributed by atoms with Gasteiger partial charge in [0.15, 0.2) is 6.10 Å². The highest BCUT2D eigenvalue weighted by Crippen LogP contribution is 2.40. The SMILES string of the molecule is Cc1ccccc1N(C)c1cc2c(cc1Cl)C(O)C(=O)N2. The molecule has 0 saturated carbocycles. The highest BCUT2D eigenvalue weighted by molar-refractivity contribution is 6.34. The Labute approximate surface area is 128 Å². The zero-order chi connectivity index (χ0) is 15.1. The Morgan fingerprint density at radius 3 is 2.67 bits per heavy atom. The summed E-state index contributed by atoms with van der Waals surface area (Å²) in [7, 11) is 1.92. The standard InChI is InChI=1S/C16H15ClN2O2/c1-9-5-3-4-6-13(9)19(2)14-8-12-10(7-11(14)17)15(20)16(21)18-12/h3-8,15,20H,1-2H3,(H,18,21). The number of aliphatic hydroxyl groups is 1. The molecule has 2 N–H and O–H groups in total. The number of halogens is 1. The van der Waals surface area contributed by atoms with Gasteiger partial charge in [0.05, 0.1) is 10.7 Å². The molecule has 108 valence electrons. The van der Waals surface area contributed by atoms with Crippen molar-refractivity contribution < 1.29 is 9.90 Å². The fourth-order valence-corrected chi connectivity index (χ4v) is 2.88. The number of nitrogens with one attached hydrogen (secondary N) is 1. The molecule has 0 bridgehead atoms. The number of aryl methyl sites for hydroxylation is 1. The lowest BCUT2D eigenvalue weighted by Crippen LogP contribution is -2.11. The summed E-state index contributed by atoms with van der Waals surface area (Å²) >= 11 is 6.33. The molecular weight excluding hydrogens is 288 g/mol. The second-order valence-electron chi connectivity index (χ2n) is 5.13. The third-order valence-electron chi connectivity index (χ3n) is 3.76. The van der Waals surface area contributed by atoms with Crippen molar-refractivity contribution in [3.63, 3.8) is 0 Å². The smallest absolute Gasteiger partial charge is 0.257 e. The lowest BCUT2D eigenvalue weighted by atomic mass is 10.1. The number of para-hydroxylation sites is 1. The highest BCUT2D eigenvalue weighted by atomic mass is 35.5. The Morgan fingerprint density at radius 2 is 1.95 bits per heavy atom. The molecule has 21 heavy (non-hydrogen) atoms. The first kappa shape index (κ1) is 13.9. The molecule has 1 aliphatic heterocycles. The van der Waals surface area contributed by atoms with Crippen molar-refractivity contribution >= 4 is 34.6 Å². The normalized spacial score (nSPS) is 16.6. The van der Waals surface area contributed by atoms with Crippen LogP contribution in [-0.2, 0) is 4.79 Å². The monoisotopic (exact) mass is 302 g/mol. The number of amides is 1. The van der Waals surface area contributed by atoms with Gasteiger partial charge in [0.1, 0.15) is 0 Å². The Hall–Kier alpha value is -2.04. The number of fused-ring (bicyclic) bond motifs is 1. The van der Waals surface area contributed by atoms with Crippen LogP contribution >= 0.6 is 11.6 Å². The Kier molecular flexibility index (Phi) is 3.35. The number of anilines is 3. The summed E-state index contributed by atoms with van der Waals surface area (Å²) in [5, 5.41) is 12.9. The zero-order valence-electron chi connectivity index (χ0n) is 11.7. The number of benzene rings is 2. The van der Waals surface area contributed by atoms with Crippen molar-refractivity contribution in [3.05, 3.63) is 52.5 Å². The largest absolute Gasteiger partial charge is 0.378 e. The van der Waals surface area contributed by atoms with Crippen molar-refractivity contribution in [2.24, 2.45) is 0 Å². The van der Waals surface area contributed by atoms with Crippen LogP contribution in [0.1, 0.15) is 17.2 Å². The second-order valence-corrected chi connectivity index (χ2v) is 5.54. The molecule has 4 nitrogen and oxygen atoms in total. The third kappa shape index (κ3) is 2.26. The fraction of sp³-hybridized carbons (Fsp3) is 0.188. The highest BCUT2D eigenvalue weighted by Gasteiger charge is 2.30. The minimum atomic E-state index is -1.14. The van der Waals surface area contributed by atoms with E-state index in [9.17, 15) is 9.90 Å². The molecule has 5 heteroatoms. The lowest BCUT2D eigenvalue weighted by molar-refractivity contribution is -0.123. The first-order valence-electron chi connectivity index (χ1n) is 6.61. The van der Waals surface area contributed by atoms with Gasteiger partial charge in [-0.1, -0.05) is 29.8 Å². The van der Waals surface area contributed by atoms with E-state index in [1.165, 1.54) is 0 Å². The molecule has 0 spiro atoms. The molecule has 3 rings (SSSR count). The minimum Gasteiger partial charge on any atom is -0.378 e. The average molecular weight is 303 g/mol. The molecule has 1 aliphatic rings. The van der Waals surface area contributed by atoms with Crippen molar-refractivity contribution in [1.29, 1.82) is 0 Å². The van der Waals surface area contributed by atoms with Crippen molar-refractivity contribution in [1.82, 2.24) is 0 Å². The van der Waals surface area contributed by atoms with E-state index in [1.807, 2.05) is 43.1 Å². The molecule has 0 aromatic heterocycles. The number of hydrogen-bond acceptors (Lipinski definition) is 3. The summed E-state index contributed by atoms with van der Waals surface area (Å²) < 4.78 is 0. The summed E-state index contributed by atoms with van der Waals surface area (Å²) in [6.07, 6.45) is -1.14. The van der Waals surface area contributed by atoms with Crippen LogP contribution in [0.25, 0.3) is 0 Å². The molecule has 1 atom stereocenters. The van der Waals surface area contributed by atoms with Crippen LogP contribution in [0, 0.1) is 6.92 Å². The predicted octanol–water partition coefficient (Wildman–Crippen LogP) is 3.40. The molecule has 2 aromatic rings.